The minimum absolute atomic E-state index is 0.00559. The molecule has 1 fully saturated rings. The summed E-state index contributed by atoms with van der Waals surface area (Å²) >= 11 is 0. The Bertz CT molecular complexity index is 1050. The van der Waals surface area contributed by atoms with E-state index in [1.807, 2.05) is 12.1 Å². The van der Waals surface area contributed by atoms with Crippen LogP contribution in [0.25, 0.3) is 0 Å². The first-order valence-corrected chi connectivity index (χ1v) is 14.3. The van der Waals surface area contributed by atoms with E-state index in [9.17, 15) is 4.79 Å². The fraction of sp³-hybridized carbons (Fsp3) is 0.581. The number of piperidine rings is 1. The number of benzene rings is 2. The van der Waals surface area contributed by atoms with E-state index in [-0.39, 0.29) is 29.9 Å². The number of ether oxygens (including phenoxy) is 4. The summed E-state index contributed by atoms with van der Waals surface area (Å²) in [4.78, 5) is 14.7. The highest BCUT2D eigenvalue weighted by Gasteiger charge is 2.34. The van der Waals surface area contributed by atoms with Crippen molar-refractivity contribution >= 4 is 11.6 Å². The molecule has 0 saturated carbocycles. The van der Waals surface area contributed by atoms with Crippen molar-refractivity contribution in [2.45, 2.75) is 57.3 Å². The zero-order valence-electron chi connectivity index (χ0n) is 23.9. The van der Waals surface area contributed by atoms with Gasteiger partial charge in [-0.1, -0.05) is 25.1 Å². The molecule has 4 atom stereocenters. The maximum atomic E-state index is 12.4. The van der Waals surface area contributed by atoms with Gasteiger partial charge in [0, 0.05) is 51.7 Å². The van der Waals surface area contributed by atoms with Gasteiger partial charge in [0.15, 0.2) is 0 Å². The average molecular weight is 540 g/mol. The van der Waals surface area contributed by atoms with E-state index in [2.05, 4.69) is 52.8 Å². The molecule has 1 unspecified atom stereocenters. The van der Waals surface area contributed by atoms with Crippen molar-refractivity contribution in [2.24, 2.45) is 5.92 Å². The van der Waals surface area contributed by atoms with Crippen molar-refractivity contribution < 1.29 is 23.7 Å². The van der Waals surface area contributed by atoms with Crippen LogP contribution < -0.4 is 25.0 Å². The molecule has 0 aliphatic carbocycles. The lowest BCUT2D eigenvalue weighted by Gasteiger charge is -2.38. The van der Waals surface area contributed by atoms with Gasteiger partial charge in [-0.05, 0) is 61.1 Å². The largest absolute Gasteiger partial charge is 0.497 e. The van der Waals surface area contributed by atoms with E-state index >= 15 is 0 Å². The zero-order valence-corrected chi connectivity index (χ0v) is 23.9. The normalized spacial score (nSPS) is 21.5. The Morgan fingerprint density at radius 3 is 2.74 bits per heavy atom. The molecular formula is C31H45N3O5. The highest BCUT2D eigenvalue weighted by molar-refractivity contribution is 5.78. The van der Waals surface area contributed by atoms with E-state index in [4.69, 9.17) is 18.9 Å². The molecule has 2 heterocycles. The third-order valence-corrected chi connectivity index (χ3v) is 8.04. The number of fused-ring (bicyclic) bond motifs is 1. The molecule has 1 saturated heterocycles. The summed E-state index contributed by atoms with van der Waals surface area (Å²) in [7, 11) is 5.15. The molecule has 2 N–H and O–H groups in total. The average Bonchev–Trinajstić information content (AvgIpc) is 2.99. The highest BCUT2D eigenvalue weighted by Crippen LogP contribution is 2.36. The van der Waals surface area contributed by atoms with E-state index < -0.39 is 0 Å². The maximum absolute atomic E-state index is 12.4. The molecule has 0 radical (unpaired) electrons. The predicted octanol–water partition coefficient (Wildman–Crippen LogP) is 4.12. The monoisotopic (exact) mass is 539 g/mol. The van der Waals surface area contributed by atoms with Crippen molar-refractivity contribution in [1.29, 1.82) is 0 Å². The standard InChI is InChI=1S/C31H45N3O5/c1-5-23(31(35)32-2)18-25-19-27(24-8-10-26(37-4)11-9-24)30(20-33-25)39-21-22-7-12-29-28(17-22)34(14-16-38-29)13-6-15-36-3/h7-12,17,23,25,27,30,33H,5-6,13-16,18-21H2,1-4H3,(H,32,35)/t23?,25-,27-,30+/m1/s1. The van der Waals surface area contributed by atoms with Crippen LogP contribution in [0, 0.1) is 5.92 Å². The first-order valence-electron chi connectivity index (χ1n) is 14.3. The Morgan fingerprint density at radius 2 is 2.03 bits per heavy atom. The number of hydrogen-bond donors (Lipinski definition) is 2. The molecule has 8 heteroatoms. The van der Waals surface area contributed by atoms with Crippen LogP contribution in [0.1, 0.15) is 49.7 Å². The molecule has 2 aromatic carbocycles. The van der Waals surface area contributed by atoms with E-state index in [1.165, 1.54) is 5.56 Å². The van der Waals surface area contributed by atoms with Gasteiger partial charge in [0.2, 0.25) is 5.91 Å². The molecule has 214 valence electrons. The topological polar surface area (TPSA) is 81.3 Å². The number of rotatable bonds is 13. The Hall–Kier alpha value is -2.81. The number of hydrogen-bond acceptors (Lipinski definition) is 7. The van der Waals surface area contributed by atoms with Gasteiger partial charge >= 0.3 is 0 Å². The van der Waals surface area contributed by atoms with Gasteiger partial charge in [-0.25, -0.2) is 0 Å². The van der Waals surface area contributed by atoms with E-state index in [1.54, 1.807) is 21.3 Å². The van der Waals surface area contributed by atoms with Crippen LogP contribution >= 0.6 is 0 Å². The summed E-state index contributed by atoms with van der Waals surface area (Å²) in [6.07, 6.45) is 3.55. The molecule has 2 aromatic rings. The van der Waals surface area contributed by atoms with Gasteiger partial charge in [-0.2, -0.15) is 0 Å². The minimum Gasteiger partial charge on any atom is -0.497 e. The summed E-state index contributed by atoms with van der Waals surface area (Å²) < 4.78 is 23.2. The van der Waals surface area contributed by atoms with E-state index in [0.29, 0.717) is 13.2 Å². The van der Waals surface area contributed by atoms with Gasteiger partial charge in [0.25, 0.3) is 0 Å². The second-order valence-corrected chi connectivity index (χ2v) is 10.5. The van der Waals surface area contributed by atoms with Crippen molar-refractivity contribution in [3.8, 4) is 11.5 Å². The van der Waals surface area contributed by atoms with Crippen molar-refractivity contribution in [2.75, 3.05) is 59.0 Å². The number of nitrogens with one attached hydrogen (secondary N) is 2. The fourth-order valence-electron chi connectivity index (χ4n) is 5.77. The molecule has 39 heavy (non-hydrogen) atoms. The Labute approximate surface area is 233 Å². The summed E-state index contributed by atoms with van der Waals surface area (Å²) in [5.41, 5.74) is 3.51. The summed E-state index contributed by atoms with van der Waals surface area (Å²) in [5.74, 6) is 2.12. The molecule has 4 rings (SSSR count). The van der Waals surface area contributed by atoms with Gasteiger partial charge < -0.3 is 34.5 Å². The molecule has 8 nitrogen and oxygen atoms in total. The second-order valence-electron chi connectivity index (χ2n) is 10.5. The van der Waals surface area contributed by atoms with Gasteiger partial charge in [0.1, 0.15) is 18.1 Å². The van der Waals surface area contributed by atoms with Crippen molar-refractivity contribution in [1.82, 2.24) is 10.6 Å². The number of nitrogens with zero attached hydrogens (tertiary/aromatic N) is 1. The number of carbonyl (C=O) groups excluding carboxylic acids is 1. The van der Waals surface area contributed by atoms with Crippen LogP contribution in [0.4, 0.5) is 5.69 Å². The Balaban J connectivity index is 1.46. The number of amides is 1. The molecule has 0 spiro atoms. The zero-order chi connectivity index (χ0) is 27.6. The Morgan fingerprint density at radius 1 is 1.21 bits per heavy atom. The van der Waals surface area contributed by atoms with E-state index in [0.717, 1.165) is 74.7 Å². The molecular weight excluding hydrogens is 494 g/mol. The van der Waals surface area contributed by atoms with Crippen LogP contribution in [0.5, 0.6) is 11.5 Å². The lowest BCUT2D eigenvalue weighted by atomic mass is 9.81. The maximum Gasteiger partial charge on any atom is 0.222 e. The molecule has 1 amide bonds. The number of methoxy groups -OCH3 is 2. The lowest BCUT2D eigenvalue weighted by molar-refractivity contribution is -0.125. The quantitative estimate of drug-likeness (QED) is 0.371. The number of anilines is 1. The van der Waals surface area contributed by atoms with Crippen LogP contribution in [0.15, 0.2) is 42.5 Å². The second kappa shape index (κ2) is 14.5. The summed E-state index contributed by atoms with van der Waals surface area (Å²) in [5, 5.41) is 6.51. The third kappa shape index (κ3) is 7.65. The highest BCUT2D eigenvalue weighted by atomic mass is 16.5. The summed E-state index contributed by atoms with van der Waals surface area (Å²) in [6.45, 7) is 6.62. The van der Waals surface area contributed by atoms with Crippen LogP contribution in [0.3, 0.4) is 0 Å². The van der Waals surface area contributed by atoms with Crippen molar-refractivity contribution in [3.63, 3.8) is 0 Å². The van der Waals surface area contributed by atoms with Gasteiger partial charge in [-0.15, -0.1) is 0 Å². The molecule has 0 aromatic heterocycles. The van der Waals surface area contributed by atoms with Crippen LogP contribution in [0.2, 0.25) is 0 Å². The third-order valence-electron chi connectivity index (χ3n) is 8.04. The Kier molecular flexibility index (Phi) is 10.9. The number of carbonyl (C=O) groups is 1. The predicted molar refractivity (Wildman–Crippen MR) is 154 cm³/mol. The molecule has 0 bridgehead atoms. The SMILES string of the molecule is CCC(C[C@@H]1C[C@H](c2ccc(OC)cc2)[C@@H](OCc2ccc3c(c2)N(CCCOC)CCO3)CN1)C(=O)NC. The first-order chi connectivity index (χ1) is 19.1. The minimum atomic E-state index is 0.00559. The molecule has 2 aliphatic rings. The van der Waals surface area contributed by atoms with Crippen LogP contribution in [-0.4, -0.2) is 72.2 Å². The smallest absolute Gasteiger partial charge is 0.222 e. The lowest BCUT2D eigenvalue weighted by Crippen LogP contribution is -2.48. The first kappa shape index (κ1) is 29.2. The van der Waals surface area contributed by atoms with Gasteiger partial charge in [0.05, 0.1) is 32.1 Å². The van der Waals surface area contributed by atoms with Crippen molar-refractivity contribution in [3.05, 3.63) is 53.6 Å². The van der Waals surface area contributed by atoms with Crippen LogP contribution in [-0.2, 0) is 20.9 Å². The summed E-state index contributed by atoms with van der Waals surface area (Å²) in [6, 6.07) is 15.0. The fourth-order valence-corrected chi connectivity index (χ4v) is 5.77. The molecule has 2 aliphatic heterocycles. The van der Waals surface area contributed by atoms with Gasteiger partial charge in [-0.3, -0.25) is 4.79 Å².